The molecule has 0 saturated carbocycles. The molecule has 1 fully saturated rings. The van der Waals surface area contributed by atoms with E-state index >= 15 is 0 Å². The van der Waals surface area contributed by atoms with Gasteiger partial charge in [0.2, 0.25) is 0 Å². The number of nitrogens with zero attached hydrogens (tertiary/aromatic N) is 3. The van der Waals surface area contributed by atoms with Crippen molar-refractivity contribution in [1.82, 2.24) is 14.7 Å². The second kappa shape index (κ2) is 6.06. The molecule has 108 valence electrons. The maximum absolute atomic E-state index is 10.6. The molecule has 1 aliphatic heterocycles. The summed E-state index contributed by atoms with van der Waals surface area (Å²) in [6.07, 6.45) is 7.33. The standard InChI is InChI=1S/C15H27N3O/c1-15(2,18-9-6-4-5-7-10-18)14(19)12-13-8-11-17(3)16-13/h8,11,14,19H,4-7,9-10,12H2,1-3H3. The van der Waals surface area contributed by atoms with E-state index in [0.717, 1.165) is 18.8 Å². The molecule has 1 unspecified atom stereocenters. The minimum absolute atomic E-state index is 0.179. The molecule has 0 spiro atoms. The summed E-state index contributed by atoms with van der Waals surface area (Å²) < 4.78 is 1.79. The van der Waals surface area contributed by atoms with Gasteiger partial charge in [0.05, 0.1) is 11.8 Å². The first kappa shape index (κ1) is 14.5. The van der Waals surface area contributed by atoms with Crippen molar-refractivity contribution in [2.45, 2.75) is 57.6 Å². The monoisotopic (exact) mass is 265 g/mol. The third-order valence-corrected chi connectivity index (χ3v) is 4.41. The number of aliphatic hydroxyl groups is 1. The molecule has 0 amide bonds. The first-order valence-electron chi connectivity index (χ1n) is 7.42. The number of likely N-dealkylation sites (tertiary alicyclic amines) is 1. The summed E-state index contributed by atoms with van der Waals surface area (Å²) in [6, 6.07) is 1.99. The molecule has 0 radical (unpaired) electrons. The van der Waals surface area contributed by atoms with Crippen LogP contribution in [0.5, 0.6) is 0 Å². The Labute approximate surface area is 116 Å². The molecule has 4 heteroatoms. The van der Waals surface area contributed by atoms with Crippen LogP contribution < -0.4 is 0 Å². The molecule has 0 aromatic carbocycles. The van der Waals surface area contributed by atoms with Crippen molar-refractivity contribution in [2.24, 2.45) is 7.05 Å². The van der Waals surface area contributed by atoms with Crippen molar-refractivity contribution in [2.75, 3.05) is 13.1 Å². The van der Waals surface area contributed by atoms with E-state index in [-0.39, 0.29) is 11.6 Å². The zero-order valence-electron chi connectivity index (χ0n) is 12.5. The second-order valence-corrected chi connectivity index (χ2v) is 6.26. The fourth-order valence-electron chi connectivity index (χ4n) is 2.88. The maximum atomic E-state index is 10.6. The largest absolute Gasteiger partial charge is 0.391 e. The molecular weight excluding hydrogens is 238 g/mol. The predicted octanol–water partition coefficient (Wildman–Crippen LogP) is 1.98. The van der Waals surface area contributed by atoms with Crippen molar-refractivity contribution in [3.05, 3.63) is 18.0 Å². The lowest BCUT2D eigenvalue weighted by Crippen LogP contribution is -2.53. The summed E-state index contributed by atoms with van der Waals surface area (Å²) in [6.45, 7) is 6.52. The summed E-state index contributed by atoms with van der Waals surface area (Å²) >= 11 is 0. The van der Waals surface area contributed by atoms with Crippen LogP contribution in [-0.2, 0) is 13.5 Å². The van der Waals surface area contributed by atoms with Crippen molar-refractivity contribution in [3.63, 3.8) is 0 Å². The summed E-state index contributed by atoms with van der Waals surface area (Å²) in [4.78, 5) is 2.45. The van der Waals surface area contributed by atoms with Gasteiger partial charge in [0.15, 0.2) is 0 Å². The molecule has 2 heterocycles. The van der Waals surface area contributed by atoms with E-state index in [2.05, 4.69) is 23.8 Å². The van der Waals surface area contributed by atoms with Crippen molar-refractivity contribution in [3.8, 4) is 0 Å². The zero-order chi connectivity index (χ0) is 13.9. The molecular formula is C15H27N3O. The van der Waals surface area contributed by atoms with E-state index < -0.39 is 0 Å². The molecule has 4 nitrogen and oxygen atoms in total. The van der Waals surface area contributed by atoms with Gasteiger partial charge in [0.25, 0.3) is 0 Å². The second-order valence-electron chi connectivity index (χ2n) is 6.26. The third kappa shape index (κ3) is 3.57. The maximum Gasteiger partial charge on any atom is 0.0774 e. The highest BCUT2D eigenvalue weighted by atomic mass is 16.3. The molecule has 2 rings (SSSR count). The van der Waals surface area contributed by atoms with Crippen LogP contribution in [0.3, 0.4) is 0 Å². The first-order chi connectivity index (χ1) is 9.00. The Morgan fingerprint density at radius 3 is 2.42 bits per heavy atom. The predicted molar refractivity (Wildman–Crippen MR) is 77.0 cm³/mol. The van der Waals surface area contributed by atoms with Crippen molar-refractivity contribution < 1.29 is 5.11 Å². The smallest absolute Gasteiger partial charge is 0.0774 e. The molecule has 1 aliphatic rings. The van der Waals surface area contributed by atoms with Crippen molar-refractivity contribution >= 4 is 0 Å². The average Bonchev–Trinajstić information content (AvgIpc) is 2.63. The van der Waals surface area contributed by atoms with Gasteiger partial charge in [-0.05, 0) is 45.8 Å². The third-order valence-electron chi connectivity index (χ3n) is 4.41. The average molecular weight is 265 g/mol. The Balaban J connectivity index is 2.00. The van der Waals surface area contributed by atoms with Crippen LogP contribution >= 0.6 is 0 Å². The van der Waals surface area contributed by atoms with Crippen LogP contribution in [0.4, 0.5) is 0 Å². The highest BCUT2D eigenvalue weighted by Gasteiger charge is 2.34. The summed E-state index contributed by atoms with van der Waals surface area (Å²) in [7, 11) is 1.91. The van der Waals surface area contributed by atoms with Gasteiger partial charge in [-0.25, -0.2) is 0 Å². The van der Waals surface area contributed by atoms with E-state index in [4.69, 9.17) is 0 Å². The molecule has 1 atom stereocenters. The normalized spacial score (nSPS) is 20.2. The minimum Gasteiger partial charge on any atom is -0.391 e. The quantitative estimate of drug-likeness (QED) is 0.905. The van der Waals surface area contributed by atoms with Crippen molar-refractivity contribution in [1.29, 1.82) is 0 Å². The number of aromatic nitrogens is 2. The molecule has 0 aliphatic carbocycles. The fraction of sp³-hybridized carbons (Fsp3) is 0.800. The molecule has 19 heavy (non-hydrogen) atoms. The summed E-state index contributed by atoms with van der Waals surface area (Å²) in [5.41, 5.74) is 0.792. The Kier molecular flexibility index (Phi) is 4.63. The van der Waals surface area contributed by atoms with Gasteiger partial charge >= 0.3 is 0 Å². The Hall–Kier alpha value is -0.870. The number of hydrogen-bond acceptors (Lipinski definition) is 3. The van der Waals surface area contributed by atoms with Crippen LogP contribution in [0.15, 0.2) is 12.3 Å². The fourth-order valence-corrected chi connectivity index (χ4v) is 2.88. The van der Waals surface area contributed by atoms with Gasteiger partial charge in [-0.3, -0.25) is 9.58 Å². The Bertz CT molecular complexity index is 392. The minimum atomic E-state index is -0.375. The topological polar surface area (TPSA) is 41.3 Å². The van der Waals surface area contributed by atoms with Crippen LogP contribution in [0.25, 0.3) is 0 Å². The summed E-state index contributed by atoms with van der Waals surface area (Å²) in [5, 5.41) is 15.0. The Morgan fingerprint density at radius 1 is 1.26 bits per heavy atom. The van der Waals surface area contributed by atoms with Crippen LogP contribution in [0.1, 0.15) is 45.2 Å². The van der Waals surface area contributed by atoms with E-state index in [1.54, 1.807) is 4.68 Å². The van der Waals surface area contributed by atoms with E-state index in [1.165, 1.54) is 25.7 Å². The number of rotatable bonds is 4. The van der Waals surface area contributed by atoms with E-state index in [1.807, 2.05) is 19.3 Å². The molecule has 1 aromatic heterocycles. The zero-order valence-corrected chi connectivity index (χ0v) is 12.5. The van der Waals surface area contributed by atoms with Crippen LogP contribution in [0, 0.1) is 0 Å². The lowest BCUT2D eigenvalue weighted by Gasteiger charge is -2.41. The highest BCUT2D eigenvalue weighted by Crippen LogP contribution is 2.25. The number of aryl methyl sites for hydroxylation is 1. The molecule has 1 saturated heterocycles. The van der Waals surface area contributed by atoms with Gasteiger partial charge in [-0.15, -0.1) is 0 Å². The van der Waals surface area contributed by atoms with E-state index in [9.17, 15) is 5.11 Å². The van der Waals surface area contributed by atoms with Gasteiger partial charge in [-0.2, -0.15) is 5.10 Å². The number of hydrogen-bond donors (Lipinski definition) is 1. The Morgan fingerprint density at radius 2 is 1.89 bits per heavy atom. The van der Waals surface area contributed by atoms with Gasteiger partial charge < -0.3 is 5.11 Å². The van der Waals surface area contributed by atoms with Gasteiger partial charge in [0, 0.05) is 25.2 Å². The summed E-state index contributed by atoms with van der Waals surface area (Å²) in [5.74, 6) is 0. The lowest BCUT2D eigenvalue weighted by atomic mass is 9.91. The van der Waals surface area contributed by atoms with Gasteiger partial charge in [-0.1, -0.05) is 12.8 Å². The van der Waals surface area contributed by atoms with E-state index in [0.29, 0.717) is 6.42 Å². The lowest BCUT2D eigenvalue weighted by molar-refractivity contribution is -0.00838. The SMILES string of the molecule is Cn1ccc(CC(O)C(C)(C)N2CCCCCC2)n1. The van der Waals surface area contributed by atoms with Crippen LogP contribution in [-0.4, -0.2) is 44.5 Å². The van der Waals surface area contributed by atoms with Gasteiger partial charge in [0.1, 0.15) is 0 Å². The molecule has 0 bridgehead atoms. The molecule has 1 aromatic rings. The molecule has 1 N–H and O–H groups in total. The number of aliphatic hydroxyl groups excluding tert-OH is 1. The first-order valence-corrected chi connectivity index (χ1v) is 7.42. The van der Waals surface area contributed by atoms with Crippen LogP contribution in [0.2, 0.25) is 0 Å². The highest BCUT2D eigenvalue weighted by molar-refractivity contribution is 5.04.